The van der Waals surface area contributed by atoms with Crippen molar-refractivity contribution in [3.63, 3.8) is 0 Å². The minimum atomic E-state index is -2.54. The standard InChI is InChI=1S/C24H48O4Si5/c1-29(2,3)25-31(6,7)27-33(10,24-18-20-12-14-22(24)16-20)28-32(8,9)26-30(4,5)23-17-19-11-13-21(23)15-19/h11-14,19-24H,15-18H2,1-10H3. The van der Waals surface area contributed by atoms with E-state index in [9.17, 15) is 0 Å². The van der Waals surface area contributed by atoms with Crippen LogP contribution in [0, 0.1) is 23.7 Å². The summed E-state index contributed by atoms with van der Waals surface area (Å²) in [5, 5.41) is 0. The number of fused-ring (bicyclic) bond motifs is 4. The Morgan fingerprint density at radius 3 is 1.36 bits per heavy atom. The molecule has 7 unspecified atom stereocenters. The van der Waals surface area contributed by atoms with Crippen molar-refractivity contribution in [1.82, 2.24) is 0 Å². The van der Waals surface area contributed by atoms with Crippen molar-refractivity contribution in [2.45, 2.75) is 102 Å². The Bertz CT molecular complexity index is 805. The van der Waals surface area contributed by atoms with Crippen LogP contribution in [0.15, 0.2) is 24.3 Å². The maximum absolute atomic E-state index is 7.27. The van der Waals surface area contributed by atoms with Gasteiger partial charge < -0.3 is 16.5 Å². The fourth-order valence-electron chi connectivity index (χ4n) is 7.60. The molecule has 0 aromatic rings. The van der Waals surface area contributed by atoms with Crippen molar-refractivity contribution in [1.29, 1.82) is 0 Å². The van der Waals surface area contributed by atoms with E-state index in [2.05, 4.69) is 89.8 Å². The Kier molecular flexibility index (Phi) is 7.02. The first-order valence-corrected chi connectivity index (χ1v) is 27.6. The molecule has 0 aliphatic heterocycles. The van der Waals surface area contributed by atoms with Gasteiger partial charge in [0, 0.05) is 5.54 Å². The molecule has 2 saturated carbocycles. The molecule has 9 heteroatoms. The zero-order chi connectivity index (χ0) is 24.4. The molecule has 2 fully saturated rings. The van der Waals surface area contributed by atoms with Crippen molar-refractivity contribution in [3.8, 4) is 0 Å². The summed E-state index contributed by atoms with van der Waals surface area (Å²) in [6, 6.07) is 0. The van der Waals surface area contributed by atoms with Gasteiger partial charge in [0.1, 0.15) is 0 Å². The molecule has 33 heavy (non-hydrogen) atoms. The van der Waals surface area contributed by atoms with Gasteiger partial charge >= 0.3 is 25.7 Å². The maximum Gasteiger partial charge on any atom is 0.321 e. The second kappa shape index (κ2) is 8.76. The average molecular weight is 541 g/mol. The summed E-state index contributed by atoms with van der Waals surface area (Å²) in [5.41, 5.74) is 1.23. The van der Waals surface area contributed by atoms with Crippen LogP contribution in [-0.4, -0.2) is 42.3 Å². The summed E-state index contributed by atoms with van der Waals surface area (Å²) in [7, 11) is -10.8. The molecule has 0 heterocycles. The van der Waals surface area contributed by atoms with Gasteiger partial charge in [0.2, 0.25) is 0 Å². The van der Waals surface area contributed by atoms with E-state index in [0.29, 0.717) is 17.4 Å². The maximum atomic E-state index is 7.27. The van der Waals surface area contributed by atoms with Crippen LogP contribution in [0.1, 0.15) is 25.7 Å². The van der Waals surface area contributed by atoms with Gasteiger partial charge in [0.25, 0.3) is 0 Å². The van der Waals surface area contributed by atoms with Crippen LogP contribution in [-0.2, 0) is 16.5 Å². The first-order chi connectivity index (χ1) is 15.0. The number of hydrogen-bond donors (Lipinski definition) is 0. The Morgan fingerprint density at radius 2 is 0.970 bits per heavy atom. The highest BCUT2D eigenvalue weighted by atomic mass is 28.5. The molecule has 0 radical (unpaired) electrons. The first-order valence-electron chi connectivity index (χ1n) is 13.1. The molecule has 7 atom stereocenters. The summed E-state index contributed by atoms with van der Waals surface area (Å²) in [6.07, 6.45) is 14.9. The molecular weight excluding hydrogens is 493 g/mol. The zero-order valence-electron chi connectivity index (χ0n) is 22.7. The van der Waals surface area contributed by atoms with E-state index in [0.717, 1.165) is 17.4 Å². The molecule has 188 valence electrons. The normalized spacial score (nSPS) is 35.6. The molecule has 0 N–H and O–H groups in total. The summed E-state index contributed by atoms with van der Waals surface area (Å²) in [6.45, 7) is 23.1. The molecule has 4 aliphatic carbocycles. The fourth-order valence-corrected chi connectivity index (χ4v) is 33.7. The van der Waals surface area contributed by atoms with Crippen molar-refractivity contribution in [2.24, 2.45) is 23.7 Å². The van der Waals surface area contributed by atoms with Gasteiger partial charge in [-0.05, 0) is 120 Å². The zero-order valence-corrected chi connectivity index (χ0v) is 27.7. The molecule has 4 bridgehead atoms. The van der Waals surface area contributed by atoms with Crippen LogP contribution < -0.4 is 0 Å². The van der Waals surface area contributed by atoms with Gasteiger partial charge in [0.05, 0.1) is 0 Å². The van der Waals surface area contributed by atoms with E-state index in [1.54, 1.807) is 0 Å². The highest BCUT2D eigenvalue weighted by Gasteiger charge is 2.57. The van der Waals surface area contributed by atoms with Crippen LogP contribution in [0.2, 0.25) is 76.6 Å². The van der Waals surface area contributed by atoms with Crippen LogP contribution in [0.25, 0.3) is 0 Å². The highest BCUT2D eigenvalue weighted by molar-refractivity contribution is 6.91. The van der Waals surface area contributed by atoms with E-state index in [1.165, 1.54) is 25.7 Å². The van der Waals surface area contributed by atoms with Gasteiger partial charge in [0.15, 0.2) is 16.6 Å². The summed E-state index contributed by atoms with van der Waals surface area (Å²) < 4.78 is 28.2. The van der Waals surface area contributed by atoms with E-state index < -0.39 is 42.3 Å². The second-order valence-corrected chi connectivity index (χ2v) is 33.5. The lowest BCUT2D eigenvalue weighted by Crippen LogP contribution is -2.62. The third kappa shape index (κ3) is 6.04. The minimum Gasteiger partial charge on any atom is -0.437 e. The molecule has 0 saturated heterocycles. The average Bonchev–Trinajstić information content (AvgIpc) is 3.38. The van der Waals surface area contributed by atoms with Gasteiger partial charge in [-0.2, -0.15) is 0 Å². The molecule has 0 aromatic carbocycles. The molecular formula is C24H48O4Si5. The molecule has 0 aromatic heterocycles. The van der Waals surface area contributed by atoms with E-state index in [1.807, 2.05) is 0 Å². The quantitative estimate of drug-likeness (QED) is 0.212. The van der Waals surface area contributed by atoms with Crippen molar-refractivity contribution < 1.29 is 16.5 Å². The lowest BCUT2D eigenvalue weighted by molar-refractivity contribution is 0.272. The summed E-state index contributed by atoms with van der Waals surface area (Å²) >= 11 is 0. The molecule has 0 spiro atoms. The van der Waals surface area contributed by atoms with E-state index in [4.69, 9.17) is 16.5 Å². The van der Waals surface area contributed by atoms with Crippen molar-refractivity contribution >= 4 is 42.3 Å². The van der Waals surface area contributed by atoms with E-state index in [-0.39, 0.29) is 0 Å². The molecule has 0 amide bonds. The van der Waals surface area contributed by atoms with Gasteiger partial charge in [-0.15, -0.1) is 0 Å². The van der Waals surface area contributed by atoms with E-state index >= 15 is 0 Å². The lowest BCUT2D eigenvalue weighted by atomic mass is 10.1. The van der Waals surface area contributed by atoms with Crippen LogP contribution >= 0.6 is 0 Å². The Morgan fingerprint density at radius 1 is 0.515 bits per heavy atom. The number of hydrogen-bond acceptors (Lipinski definition) is 4. The third-order valence-corrected chi connectivity index (χ3v) is 28.2. The Hall–Kier alpha value is 0.404. The SMILES string of the molecule is C[Si](C)(C)O[Si](C)(C)O[Si](C)(O[Si](C)(C)O[Si](C)(C)C1CC2C=CC1C2)C1CC2C=CC1C2. The summed E-state index contributed by atoms with van der Waals surface area (Å²) in [4.78, 5) is 0. The Labute approximate surface area is 208 Å². The monoisotopic (exact) mass is 540 g/mol. The second-order valence-electron chi connectivity index (χ2n) is 13.7. The van der Waals surface area contributed by atoms with Crippen molar-refractivity contribution in [2.75, 3.05) is 0 Å². The Balaban J connectivity index is 1.54. The van der Waals surface area contributed by atoms with Gasteiger partial charge in [-0.1, -0.05) is 24.3 Å². The minimum absolute atomic E-state index is 0.509. The highest BCUT2D eigenvalue weighted by Crippen LogP contribution is 2.55. The summed E-state index contributed by atoms with van der Waals surface area (Å²) in [5.74, 6) is 2.83. The fraction of sp³-hybridized carbons (Fsp3) is 0.833. The van der Waals surface area contributed by atoms with Crippen molar-refractivity contribution in [3.05, 3.63) is 24.3 Å². The van der Waals surface area contributed by atoms with Crippen LogP contribution in [0.3, 0.4) is 0 Å². The van der Waals surface area contributed by atoms with Crippen LogP contribution in [0.4, 0.5) is 0 Å². The lowest BCUT2D eigenvalue weighted by Gasteiger charge is -2.47. The predicted octanol–water partition coefficient (Wildman–Crippen LogP) is 7.50. The number of allylic oxidation sites excluding steroid dienone is 4. The third-order valence-electron chi connectivity index (χ3n) is 8.08. The van der Waals surface area contributed by atoms with Crippen LogP contribution in [0.5, 0.6) is 0 Å². The molecule has 4 rings (SSSR count). The smallest absolute Gasteiger partial charge is 0.321 e. The number of rotatable bonds is 10. The van der Waals surface area contributed by atoms with Gasteiger partial charge in [-0.25, -0.2) is 0 Å². The predicted molar refractivity (Wildman–Crippen MR) is 150 cm³/mol. The first kappa shape index (κ1) is 26.5. The molecule has 4 nitrogen and oxygen atoms in total. The largest absolute Gasteiger partial charge is 0.437 e. The van der Waals surface area contributed by atoms with Gasteiger partial charge in [-0.3, -0.25) is 0 Å². The topological polar surface area (TPSA) is 36.9 Å². The molecule has 4 aliphatic rings.